The van der Waals surface area contributed by atoms with Gasteiger partial charge in [-0.3, -0.25) is 14.6 Å². The number of methoxy groups -OCH3 is 2. The highest BCUT2D eigenvalue weighted by Crippen LogP contribution is 2.44. The fourth-order valence-corrected chi connectivity index (χ4v) is 4.45. The van der Waals surface area contributed by atoms with Crippen molar-refractivity contribution >= 4 is 17.4 Å². The Balaban J connectivity index is 1.96. The van der Waals surface area contributed by atoms with Crippen LogP contribution in [-0.2, 0) is 21.5 Å². The maximum Gasteiger partial charge on any atom is 0.295 e. The van der Waals surface area contributed by atoms with Gasteiger partial charge in [0, 0.05) is 24.5 Å². The van der Waals surface area contributed by atoms with Gasteiger partial charge in [0.25, 0.3) is 11.7 Å². The van der Waals surface area contributed by atoms with Crippen LogP contribution in [0.1, 0.15) is 49.1 Å². The second kappa shape index (κ2) is 9.85. The number of para-hydroxylation sites is 1. The Morgan fingerprint density at radius 1 is 1.00 bits per heavy atom. The summed E-state index contributed by atoms with van der Waals surface area (Å²) in [7, 11) is 3.03. The molecule has 1 atom stereocenters. The molecule has 36 heavy (non-hydrogen) atoms. The van der Waals surface area contributed by atoms with Gasteiger partial charge < -0.3 is 19.5 Å². The van der Waals surface area contributed by atoms with Gasteiger partial charge >= 0.3 is 0 Å². The number of benzene rings is 2. The molecule has 1 amide bonds. The van der Waals surface area contributed by atoms with E-state index in [1.165, 1.54) is 19.1 Å². The molecule has 7 heteroatoms. The van der Waals surface area contributed by atoms with E-state index in [4.69, 9.17) is 9.47 Å². The van der Waals surface area contributed by atoms with Crippen LogP contribution in [0.15, 0.2) is 72.6 Å². The number of rotatable bonds is 6. The Hall–Kier alpha value is -4.13. The highest BCUT2D eigenvalue weighted by atomic mass is 16.5. The molecule has 0 spiro atoms. The van der Waals surface area contributed by atoms with Crippen LogP contribution in [0, 0.1) is 0 Å². The van der Waals surface area contributed by atoms with Gasteiger partial charge in [-0.05, 0) is 40.8 Å². The fraction of sp³-hybridized carbons (Fsp3) is 0.276. The molecule has 1 aliphatic heterocycles. The first-order valence-electron chi connectivity index (χ1n) is 11.7. The molecule has 1 N–H and O–H groups in total. The summed E-state index contributed by atoms with van der Waals surface area (Å²) in [4.78, 5) is 32.4. The molecule has 2 heterocycles. The van der Waals surface area contributed by atoms with Gasteiger partial charge in [0.1, 0.15) is 17.3 Å². The molecule has 1 unspecified atom stereocenters. The molecule has 186 valence electrons. The second-order valence-corrected chi connectivity index (χ2v) is 9.70. The van der Waals surface area contributed by atoms with Gasteiger partial charge in [0.05, 0.1) is 31.4 Å². The highest BCUT2D eigenvalue weighted by Gasteiger charge is 2.47. The standard InChI is InChI=1S/C29H30N2O5/c1-29(2,3)19-12-13-23(36-5)21(15-19)26(32)24-25(20-10-6-7-11-22(20)35-4)31(28(34)27(24)33)17-18-9-8-14-30-16-18/h6-16,25,32H,17H2,1-5H3/b26-24+. The molecule has 0 radical (unpaired) electrons. The lowest BCUT2D eigenvalue weighted by molar-refractivity contribution is -0.140. The SMILES string of the molecule is COc1ccc(C(C)(C)C)cc1/C(O)=C1\C(=O)C(=O)N(Cc2cccnc2)C1c1ccccc1OC. The fourth-order valence-electron chi connectivity index (χ4n) is 4.45. The monoisotopic (exact) mass is 486 g/mol. The number of carbonyl (C=O) groups is 2. The summed E-state index contributed by atoms with van der Waals surface area (Å²) in [6.07, 6.45) is 3.29. The number of hydrogen-bond acceptors (Lipinski definition) is 6. The predicted octanol–water partition coefficient (Wildman–Crippen LogP) is 5.02. The third-order valence-corrected chi connectivity index (χ3v) is 6.37. The smallest absolute Gasteiger partial charge is 0.295 e. The lowest BCUT2D eigenvalue weighted by Gasteiger charge is -2.27. The zero-order valence-corrected chi connectivity index (χ0v) is 21.1. The van der Waals surface area contributed by atoms with Gasteiger partial charge in [0.15, 0.2) is 0 Å². The first-order chi connectivity index (χ1) is 17.2. The van der Waals surface area contributed by atoms with Gasteiger partial charge in [-0.25, -0.2) is 0 Å². The van der Waals surface area contributed by atoms with Crippen LogP contribution in [0.2, 0.25) is 0 Å². The summed E-state index contributed by atoms with van der Waals surface area (Å²) in [5.74, 6) is -0.863. The summed E-state index contributed by atoms with van der Waals surface area (Å²) >= 11 is 0. The van der Waals surface area contributed by atoms with E-state index < -0.39 is 17.7 Å². The number of carbonyl (C=O) groups excluding carboxylic acids is 2. The number of ketones is 1. The van der Waals surface area contributed by atoms with Crippen LogP contribution in [-0.4, -0.2) is 40.9 Å². The highest BCUT2D eigenvalue weighted by molar-refractivity contribution is 6.46. The van der Waals surface area contributed by atoms with Crippen LogP contribution in [0.5, 0.6) is 11.5 Å². The first kappa shape index (κ1) is 25.0. The molecule has 3 aromatic rings. The molecular weight excluding hydrogens is 456 g/mol. The van der Waals surface area contributed by atoms with E-state index in [1.54, 1.807) is 36.7 Å². The molecule has 0 bridgehead atoms. The minimum Gasteiger partial charge on any atom is -0.507 e. The number of aliphatic hydroxyl groups excluding tert-OH is 1. The van der Waals surface area contributed by atoms with Crippen molar-refractivity contribution in [3.8, 4) is 11.5 Å². The van der Waals surface area contributed by atoms with Crippen molar-refractivity contribution in [2.45, 2.75) is 38.8 Å². The second-order valence-electron chi connectivity index (χ2n) is 9.70. The molecule has 7 nitrogen and oxygen atoms in total. The Labute approximate surface area is 211 Å². The van der Waals surface area contributed by atoms with Crippen molar-refractivity contribution in [2.75, 3.05) is 14.2 Å². The quantitative estimate of drug-likeness (QED) is 0.299. The molecule has 4 rings (SSSR count). The third kappa shape index (κ3) is 4.56. The van der Waals surface area contributed by atoms with E-state index in [1.807, 2.05) is 30.3 Å². The predicted molar refractivity (Wildman–Crippen MR) is 137 cm³/mol. The van der Waals surface area contributed by atoms with Gasteiger partial charge in [-0.15, -0.1) is 0 Å². The van der Waals surface area contributed by atoms with E-state index >= 15 is 0 Å². The summed E-state index contributed by atoms with van der Waals surface area (Å²) in [6, 6.07) is 15.4. The Kier molecular flexibility index (Phi) is 6.84. The molecular formula is C29H30N2O5. The maximum atomic E-state index is 13.5. The van der Waals surface area contributed by atoms with Crippen molar-refractivity contribution < 1.29 is 24.2 Å². The van der Waals surface area contributed by atoms with Crippen molar-refractivity contribution in [1.29, 1.82) is 0 Å². The van der Waals surface area contributed by atoms with Crippen LogP contribution < -0.4 is 9.47 Å². The number of hydrogen-bond donors (Lipinski definition) is 1. The normalized spacial score (nSPS) is 17.4. The zero-order chi connectivity index (χ0) is 26.0. The third-order valence-electron chi connectivity index (χ3n) is 6.37. The number of aliphatic hydroxyl groups is 1. The molecule has 1 saturated heterocycles. The minimum absolute atomic E-state index is 0.0160. The summed E-state index contributed by atoms with van der Waals surface area (Å²) in [5.41, 5.74) is 2.42. The number of amides is 1. The average Bonchev–Trinajstić information content (AvgIpc) is 3.12. The van der Waals surface area contributed by atoms with Gasteiger partial charge in [-0.1, -0.05) is 51.1 Å². The average molecular weight is 487 g/mol. The lowest BCUT2D eigenvalue weighted by atomic mass is 9.85. The van der Waals surface area contributed by atoms with E-state index in [9.17, 15) is 14.7 Å². The van der Waals surface area contributed by atoms with Gasteiger partial charge in [0.2, 0.25) is 0 Å². The van der Waals surface area contributed by atoms with Crippen LogP contribution in [0.25, 0.3) is 5.76 Å². The lowest BCUT2D eigenvalue weighted by Crippen LogP contribution is -2.29. The van der Waals surface area contributed by atoms with E-state index in [0.717, 1.165) is 11.1 Å². The zero-order valence-electron chi connectivity index (χ0n) is 21.1. The van der Waals surface area contributed by atoms with Crippen molar-refractivity contribution in [3.05, 3.63) is 94.8 Å². The van der Waals surface area contributed by atoms with Crippen LogP contribution >= 0.6 is 0 Å². The topological polar surface area (TPSA) is 89.0 Å². The van der Waals surface area contributed by atoms with Crippen molar-refractivity contribution in [2.24, 2.45) is 0 Å². The summed E-state index contributed by atoms with van der Waals surface area (Å²) < 4.78 is 11.1. The largest absolute Gasteiger partial charge is 0.507 e. The Morgan fingerprint density at radius 3 is 2.36 bits per heavy atom. The summed E-state index contributed by atoms with van der Waals surface area (Å²) in [5, 5.41) is 11.6. The number of aromatic nitrogens is 1. The number of ether oxygens (including phenoxy) is 2. The molecule has 2 aromatic carbocycles. The maximum absolute atomic E-state index is 13.5. The van der Waals surface area contributed by atoms with Gasteiger partial charge in [-0.2, -0.15) is 0 Å². The molecule has 1 aromatic heterocycles. The van der Waals surface area contributed by atoms with E-state index in [0.29, 0.717) is 22.6 Å². The Bertz CT molecular complexity index is 1320. The minimum atomic E-state index is -0.871. The number of pyridine rings is 1. The number of likely N-dealkylation sites (tertiary alicyclic amines) is 1. The number of nitrogens with zero attached hydrogens (tertiary/aromatic N) is 2. The van der Waals surface area contributed by atoms with E-state index in [-0.39, 0.29) is 23.3 Å². The van der Waals surface area contributed by atoms with E-state index in [2.05, 4.69) is 25.8 Å². The number of Topliss-reactive ketones (excluding diaryl/α,β-unsaturated/α-hetero) is 1. The van der Waals surface area contributed by atoms with Crippen LogP contribution in [0.3, 0.4) is 0 Å². The van der Waals surface area contributed by atoms with Crippen molar-refractivity contribution in [1.82, 2.24) is 9.88 Å². The first-order valence-corrected chi connectivity index (χ1v) is 11.7. The molecule has 1 aliphatic rings. The Morgan fingerprint density at radius 2 is 1.72 bits per heavy atom. The van der Waals surface area contributed by atoms with Crippen LogP contribution in [0.4, 0.5) is 0 Å². The molecule has 0 aliphatic carbocycles. The summed E-state index contributed by atoms with van der Waals surface area (Å²) in [6.45, 7) is 6.30. The molecule has 0 saturated carbocycles. The van der Waals surface area contributed by atoms with Crippen molar-refractivity contribution in [3.63, 3.8) is 0 Å². The molecule has 1 fully saturated rings.